The highest BCUT2D eigenvalue weighted by Gasteiger charge is 2.08. The van der Waals surface area contributed by atoms with Gasteiger partial charge in [-0.05, 0) is 29.1 Å². The van der Waals surface area contributed by atoms with Crippen LogP contribution >= 0.6 is 10.7 Å². The molecule has 0 bridgehead atoms. The van der Waals surface area contributed by atoms with Gasteiger partial charge < -0.3 is 4.57 Å². The monoisotopic (exact) mass is 243 g/mol. The van der Waals surface area contributed by atoms with Crippen LogP contribution in [0, 0.1) is 0 Å². The Hall–Kier alpha value is -1.00. The maximum atomic E-state index is 10.9. The summed E-state index contributed by atoms with van der Waals surface area (Å²) in [6, 6.07) is 7.46. The van der Waals surface area contributed by atoms with Crippen molar-refractivity contribution in [3.8, 4) is 0 Å². The van der Waals surface area contributed by atoms with Gasteiger partial charge in [0.2, 0.25) is 9.05 Å². The molecule has 2 aromatic rings. The minimum absolute atomic E-state index is 0.126. The number of fused-ring (bicyclic) bond motifs is 1. The SMILES string of the molecule is Cn1ccc2cc(CS(=O)(=O)Cl)ccc21. The van der Waals surface area contributed by atoms with Crippen molar-refractivity contribution in [2.24, 2.45) is 7.05 Å². The van der Waals surface area contributed by atoms with Crippen molar-refractivity contribution in [1.82, 2.24) is 4.57 Å². The summed E-state index contributed by atoms with van der Waals surface area (Å²) >= 11 is 0. The molecule has 0 radical (unpaired) electrons. The summed E-state index contributed by atoms with van der Waals surface area (Å²) in [6.45, 7) is 0. The highest BCUT2D eigenvalue weighted by Crippen LogP contribution is 2.18. The van der Waals surface area contributed by atoms with Gasteiger partial charge in [-0.3, -0.25) is 0 Å². The molecule has 0 saturated carbocycles. The highest BCUT2D eigenvalue weighted by atomic mass is 35.7. The number of aromatic nitrogens is 1. The third-order valence-corrected chi connectivity index (χ3v) is 3.29. The van der Waals surface area contributed by atoms with Gasteiger partial charge in [-0.15, -0.1) is 0 Å². The van der Waals surface area contributed by atoms with Crippen LogP contribution < -0.4 is 0 Å². The van der Waals surface area contributed by atoms with Crippen molar-refractivity contribution in [3.05, 3.63) is 36.0 Å². The Morgan fingerprint density at radius 3 is 2.73 bits per heavy atom. The van der Waals surface area contributed by atoms with Gasteiger partial charge in [0.25, 0.3) is 0 Å². The van der Waals surface area contributed by atoms with E-state index in [9.17, 15) is 8.42 Å². The molecule has 0 spiro atoms. The zero-order chi connectivity index (χ0) is 11.1. The zero-order valence-electron chi connectivity index (χ0n) is 8.14. The molecule has 0 saturated heterocycles. The van der Waals surface area contributed by atoms with E-state index in [1.54, 1.807) is 6.07 Å². The molecule has 1 aromatic carbocycles. The molecule has 0 N–H and O–H groups in total. The fourth-order valence-electron chi connectivity index (χ4n) is 1.62. The average molecular weight is 244 g/mol. The second kappa shape index (κ2) is 3.54. The maximum absolute atomic E-state index is 10.9. The van der Waals surface area contributed by atoms with Crippen LogP contribution in [0.4, 0.5) is 0 Å². The Balaban J connectivity index is 2.48. The van der Waals surface area contributed by atoms with Gasteiger partial charge in [-0.1, -0.05) is 6.07 Å². The number of hydrogen-bond acceptors (Lipinski definition) is 2. The van der Waals surface area contributed by atoms with Crippen molar-refractivity contribution < 1.29 is 8.42 Å². The summed E-state index contributed by atoms with van der Waals surface area (Å²) in [7, 11) is 3.66. The second-order valence-electron chi connectivity index (χ2n) is 3.50. The summed E-state index contributed by atoms with van der Waals surface area (Å²) in [5, 5.41) is 1.02. The number of aryl methyl sites for hydroxylation is 1. The van der Waals surface area contributed by atoms with E-state index in [0.29, 0.717) is 5.56 Å². The molecular formula is C10H10ClNO2S. The molecule has 0 aliphatic rings. The highest BCUT2D eigenvalue weighted by molar-refractivity contribution is 8.13. The van der Waals surface area contributed by atoms with E-state index in [4.69, 9.17) is 10.7 Å². The van der Waals surface area contributed by atoms with Crippen molar-refractivity contribution in [2.45, 2.75) is 5.75 Å². The molecule has 0 aliphatic carbocycles. The second-order valence-corrected chi connectivity index (χ2v) is 6.28. The molecular weight excluding hydrogens is 234 g/mol. The van der Waals surface area contributed by atoms with E-state index in [-0.39, 0.29) is 5.75 Å². The van der Waals surface area contributed by atoms with Crippen LogP contribution in [0.3, 0.4) is 0 Å². The molecule has 1 heterocycles. The van der Waals surface area contributed by atoms with E-state index < -0.39 is 9.05 Å². The zero-order valence-corrected chi connectivity index (χ0v) is 9.72. The third-order valence-electron chi connectivity index (χ3n) is 2.29. The lowest BCUT2D eigenvalue weighted by molar-refractivity contribution is 0.609. The smallest absolute Gasteiger partial charge is 0.236 e. The lowest BCUT2D eigenvalue weighted by Crippen LogP contribution is -1.94. The van der Waals surface area contributed by atoms with E-state index in [0.717, 1.165) is 10.9 Å². The molecule has 1 aromatic heterocycles. The average Bonchev–Trinajstić information content (AvgIpc) is 2.45. The normalized spacial score (nSPS) is 12.1. The maximum Gasteiger partial charge on any atom is 0.236 e. The molecule has 2 rings (SSSR count). The van der Waals surface area contributed by atoms with Crippen molar-refractivity contribution in [1.29, 1.82) is 0 Å². The van der Waals surface area contributed by atoms with Crippen LogP contribution in [0.2, 0.25) is 0 Å². The van der Waals surface area contributed by atoms with Crippen LogP contribution in [0.1, 0.15) is 5.56 Å². The Labute approximate surface area is 92.7 Å². The summed E-state index contributed by atoms with van der Waals surface area (Å²) in [6.07, 6.45) is 1.93. The fraction of sp³-hybridized carbons (Fsp3) is 0.200. The predicted molar refractivity (Wildman–Crippen MR) is 61.4 cm³/mol. The Bertz CT molecular complexity index is 601. The quantitative estimate of drug-likeness (QED) is 0.759. The number of halogens is 1. The standard InChI is InChI=1S/C10H10ClNO2S/c1-12-5-4-9-6-8(2-3-10(9)12)7-15(11,13)14/h2-6H,7H2,1H3. The van der Waals surface area contributed by atoms with E-state index in [1.807, 2.05) is 36.0 Å². The number of nitrogens with zero attached hydrogens (tertiary/aromatic N) is 1. The largest absolute Gasteiger partial charge is 0.351 e. The van der Waals surface area contributed by atoms with Crippen LogP contribution in [0.15, 0.2) is 30.5 Å². The summed E-state index contributed by atoms with van der Waals surface area (Å²) in [5.41, 5.74) is 1.79. The van der Waals surface area contributed by atoms with Gasteiger partial charge in [0.05, 0.1) is 5.75 Å². The van der Waals surface area contributed by atoms with Gasteiger partial charge in [-0.2, -0.15) is 0 Å². The molecule has 15 heavy (non-hydrogen) atoms. The van der Waals surface area contributed by atoms with Gasteiger partial charge in [-0.25, -0.2) is 8.42 Å². The molecule has 0 fully saturated rings. The van der Waals surface area contributed by atoms with Gasteiger partial charge in [0, 0.05) is 29.4 Å². The first kappa shape index (κ1) is 10.5. The first-order valence-electron chi connectivity index (χ1n) is 4.42. The first-order chi connectivity index (χ1) is 6.96. The predicted octanol–water partition coefficient (Wildman–Crippen LogP) is 2.25. The van der Waals surface area contributed by atoms with Crippen molar-refractivity contribution >= 4 is 30.6 Å². The van der Waals surface area contributed by atoms with Crippen LogP contribution in [-0.4, -0.2) is 13.0 Å². The fourth-order valence-corrected chi connectivity index (χ4v) is 2.58. The Morgan fingerprint density at radius 1 is 1.33 bits per heavy atom. The summed E-state index contributed by atoms with van der Waals surface area (Å²) in [4.78, 5) is 0. The Kier molecular flexibility index (Phi) is 2.48. The van der Waals surface area contributed by atoms with Gasteiger partial charge >= 0.3 is 0 Å². The van der Waals surface area contributed by atoms with Gasteiger partial charge in [0.1, 0.15) is 0 Å². The number of hydrogen-bond donors (Lipinski definition) is 0. The molecule has 0 atom stereocenters. The van der Waals surface area contributed by atoms with E-state index >= 15 is 0 Å². The molecule has 0 unspecified atom stereocenters. The summed E-state index contributed by atoms with van der Waals surface area (Å²) < 4.78 is 23.8. The third kappa shape index (κ3) is 2.33. The van der Waals surface area contributed by atoms with Crippen LogP contribution in [-0.2, 0) is 21.9 Å². The minimum Gasteiger partial charge on any atom is -0.351 e. The lowest BCUT2D eigenvalue weighted by atomic mass is 10.2. The number of rotatable bonds is 2. The topological polar surface area (TPSA) is 39.1 Å². The van der Waals surface area contributed by atoms with Gasteiger partial charge in [0.15, 0.2) is 0 Å². The van der Waals surface area contributed by atoms with Crippen molar-refractivity contribution in [3.63, 3.8) is 0 Å². The Morgan fingerprint density at radius 2 is 2.07 bits per heavy atom. The molecule has 5 heteroatoms. The molecule has 0 aliphatic heterocycles. The van der Waals surface area contributed by atoms with Crippen molar-refractivity contribution in [2.75, 3.05) is 0 Å². The van der Waals surface area contributed by atoms with E-state index in [1.165, 1.54) is 0 Å². The first-order valence-corrected chi connectivity index (χ1v) is 6.90. The lowest BCUT2D eigenvalue weighted by Gasteiger charge is -2.00. The molecule has 80 valence electrons. The molecule has 0 amide bonds. The van der Waals surface area contributed by atoms with Crippen LogP contribution in [0.5, 0.6) is 0 Å². The minimum atomic E-state index is -3.47. The number of benzene rings is 1. The van der Waals surface area contributed by atoms with Crippen LogP contribution in [0.25, 0.3) is 10.9 Å². The van der Waals surface area contributed by atoms with E-state index in [2.05, 4.69) is 0 Å². The molecule has 3 nitrogen and oxygen atoms in total. The summed E-state index contributed by atoms with van der Waals surface area (Å²) in [5.74, 6) is -0.126.